The molecule has 1 aliphatic heterocycles. The van der Waals surface area contributed by atoms with E-state index in [0.717, 1.165) is 12.0 Å². The van der Waals surface area contributed by atoms with Crippen LogP contribution in [0.2, 0.25) is 0 Å². The summed E-state index contributed by atoms with van der Waals surface area (Å²) < 4.78 is 27.0. The number of amides is 2. The van der Waals surface area contributed by atoms with Gasteiger partial charge in [0.15, 0.2) is 0 Å². The van der Waals surface area contributed by atoms with Crippen LogP contribution >= 0.6 is 0 Å². The van der Waals surface area contributed by atoms with Crippen LogP contribution in [0.3, 0.4) is 0 Å². The molecule has 1 saturated heterocycles. The second-order valence-electron chi connectivity index (χ2n) is 8.01. The van der Waals surface area contributed by atoms with Crippen molar-refractivity contribution in [1.29, 1.82) is 0 Å². The van der Waals surface area contributed by atoms with Crippen LogP contribution in [0.5, 0.6) is 0 Å². The molecule has 7 nitrogen and oxygen atoms in total. The second kappa shape index (κ2) is 10.2. The lowest BCUT2D eigenvalue weighted by Crippen LogP contribution is -2.52. The standard InChI is InChI=1S/C21H33N3O4S/c1-5-12-22-21(26)19(15(2)3)23-20(25)17-10-13-24(14-11-17)29(27,28)18-8-6-16(4)7-9-18/h6-9,15,17,19H,5,10-14H2,1-4H3,(H,22,26)(H,23,25). The first kappa shape index (κ1) is 23.3. The van der Waals surface area contributed by atoms with Gasteiger partial charge in [-0.3, -0.25) is 9.59 Å². The van der Waals surface area contributed by atoms with Crippen molar-refractivity contribution in [2.45, 2.75) is 57.9 Å². The number of benzene rings is 1. The number of rotatable bonds is 8. The molecule has 162 valence electrons. The van der Waals surface area contributed by atoms with Crippen LogP contribution in [0.15, 0.2) is 29.2 Å². The number of hydrogen-bond donors (Lipinski definition) is 2. The van der Waals surface area contributed by atoms with Gasteiger partial charge in [0.2, 0.25) is 21.8 Å². The molecule has 1 unspecified atom stereocenters. The molecule has 2 rings (SSSR count). The summed E-state index contributed by atoms with van der Waals surface area (Å²) in [6.07, 6.45) is 1.72. The monoisotopic (exact) mass is 423 g/mol. The van der Waals surface area contributed by atoms with Crippen molar-refractivity contribution in [2.24, 2.45) is 11.8 Å². The van der Waals surface area contributed by atoms with Gasteiger partial charge in [0.05, 0.1) is 4.90 Å². The molecule has 0 radical (unpaired) electrons. The third kappa shape index (κ3) is 6.02. The molecule has 0 spiro atoms. The van der Waals surface area contributed by atoms with Crippen LogP contribution < -0.4 is 10.6 Å². The molecule has 1 aliphatic rings. The summed E-state index contributed by atoms with van der Waals surface area (Å²) in [6, 6.07) is 6.21. The third-order valence-electron chi connectivity index (χ3n) is 5.28. The van der Waals surface area contributed by atoms with Gasteiger partial charge in [-0.25, -0.2) is 8.42 Å². The van der Waals surface area contributed by atoms with Gasteiger partial charge in [-0.1, -0.05) is 38.5 Å². The number of hydrogen-bond acceptors (Lipinski definition) is 4. The molecule has 1 atom stereocenters. The Morgan fingerprint density at radius 1 is 1.14 bits per heavy atom. The molecule has 0 aromatic heterocycles. The number of carbonyl (C=O) groups is 2. The van der Waals surface area contributed by atoms with Crippen molar-refractivity contribution in [3.8, 4) is 0 Å². The predicted octanol–water partition coefficient (Wildman–Crippen LogP) is 2.06. The number of aryl methyl sites for hydroxylation is 1. The van der Waals surface area contributed by atoms with Crippen molar-refractivity contribution < 1.29 is 18.0 Å². The Morgan fingerprint density at radius 3 is 2.24 bits per heavy atom. The minimum atomic E-state index is -3.55. The Kier molecular flexibility index (Phi) is 8.22. The van der Waals surface area contributed by atoms with Gasteiger partial charge in [0.1, 0.15) is 6.04 Å². The van der Waals surface area contributed by atoms with E-state index in [1.54, 1.807) is 24.3 Å². The molecule has 1 aromatic carbocycles. The molecular weight excluding hydrogens is 390 g/mol. The van der Waals surface area contributed by atoms with Gasteiger partial charge in [-0.15, -0.1) is 0 Å². The zero-order valence-corrected chi connectivity index (χ0v) is 18.6. The zero-order chi connectivity index (χ0) is 21.6. The highest BCUT2D eigenvalue weighted by Gasteiger charge is 2.34. The minimum Gasteiger partial charge on any atom is -0.354 e. The lowest BCUT2D eigenvalue weighted by molar-refractivity contribution is -0.132. The van der Waals surface area contributed by atoms with Crippen LogP contribution in [0.25, 0.3) is 0 Å². The second-order valence-corrected chi connectivity index (χ2v) is 9.95. The van der Waals surface area contributed by atoms with Crippen LogP contribution in [0.4, 0.5) is 0 Å². The van der Waals surface area contributed by atoms with E-state index in [1.165, 1.54) is 4.31 Å². The molecule has 0 aliphatic carbocycles. The van der Waals surface area contributed by atoms with Gasteiger partial charge in [0, 0.05) is 25.6 Å². The van der Waals surface area contributed by atoms with Gasteiger partial charge < -0.3 is 10.6 Å². The van der Waals surface area contributed by atoms with E-state index in [-0.39, 0.29) is 28.5 Å². The Balaban J connectivity index is 1.96. The Labute approximate surface area is 174 Å². The van der Waals surface area contributed by atoms with E-state index >= 15 is 0 Å². The minimum absolute atomic E-state index is 0.0298. The molecule has 2 N–H and O–H groups in total. The molecule has 1 heterocycles. The lowest BCUT2D eigenvalue weighted by Gasteiger charge is -2.32. The van der Waals surface area contributed by atoms with Gasteiger partial charge >= 0.3 is 0 Å². The first-order valence-corrected chi connectivity index (χ1v) is 11.8. The molecular formula is C21H33N3O4S. The van der Waals surface area contributed by atoms with Crippen LogP contribution in [0.1, 0.15) is 45.6 Å². The SMILES string of the molecule is CCCNC(=O)C(NC(=O)C1CCN(S(=O)(=O)c2ccc(C)cc2)CC1)C(C)C. The maximum atomic E-state index is 12.8. The number of nitrogens with one attached hydrogen (secondary N) is 2. The summed E-state index contributed by atoms with van der Waals surface area (Å²) in [5, 5.41) is 5.70. The largest absolute Gasteiger partial charge is 0.354 e. The topological polar surface area (TPSA) is 95.6 Å². The summed E-state index contributed by atoms with van der Waals surface area (Å²) in [4.78, 5) is 25.3. The first-order chi connectivity index (χ1) is 13.7. The maximum Gasteiger partial charge on any atom is 0.243 e. The lowest BCUT2D eigenvalue weighted by atomic mass is 9.95. The van der Waals surface area contributed by atoms with Crippen molar-refractivity contribution in [3.05, 3.63) is 29.8 Å². The average Bonchev–Trinajstić information content (AvgIpc) is 2.70. The summed E-state index contributed by atoms with van der Waals surface area (Å²) in [5.41, 5.74) is 1.00. The van der Waals surface area contributed by atoms with Crippen molar-refractivity contribution in [3.63, 3.8) is 0 Å². The number of sulfonamides is 1. The number of nitrogens with zero attached hydrogens (tertiary/aromatic N) is 1. The molecule has 29 heavy (non-hydrogen) atoms. The van der Waals surface area contributed by atoms with Crippen molar-refractivity contribution >= 4 is 21.8 Å². The highest BCUT2D eigenvalue weighted by Crippen LogP contribution is 2.24. The Bertz CT molecular complexity index is 798. The fourth-order valence-corrected chi connectivity index (χ4v) is 4.85. The van der Waals surface area contributed by atoms with E-state index < -0.39 is 16.1 Å². The smallest absolute Gasteiger partial charge is 0.243 e. The molecule has 1 fully saturated rings. The van der Waals surface area contributed by atoms with E-state index in [2.05, 4.69) is 10.6 Å². The van der Waals surface area contributed by atoms with Crippen LogP contribution in [-0.2, 0) is 19.6 Å². The number of piperidine rings is 1. The fourth-order valence-electron chi connectivity index (χ4n) is 3.38. The summed E-state index contributed by atoms with van der Waals surface area (Å²) in [6.45, 7) is 8.84. The van der Waals surface area contributed by atoms with E-state index in [1.807, 2.05) is 27.7 Å². The van der Waals surface area contributed by atoms with Crippen LogP contribution in [-0.4, -0.2) is 50.2 Å². The van der Waals surface area contributed by atoms with Gasteiger partial charge in [0.25, 0.3) is 0 Å². The highest BCUT2D eigenvalue weighted by molar-refractivity contribution is 7.89. The summed E-state index contributed by atoms with van der Waals surface area (Å²) >= 11 is 0. The van der Waals surface area contributed by atoms with E-state index in [0.29, 0.717) is 32.5 Å². The molecule has 0 bridgehead atoms. The highest BCUT2D eigenvalue weighted by atomic mass is 32.2. The van der Waals surface area contributed by atoms with E-state index in [9.17, 15) is 18.0 Å². The predicted molar refractivity (Wildman–Crippen MR) is 113 cm³/mol. The maximum absolute atomic E-state index is 12.8. The molecule has 1 aromatic rings. The van der Waals surface area contributed by atoms with Gasteiger partial charge in [-0.2, -0.15) is 4.31 Å². The normalized spacial score (nSPS) is 17.1. The van der Waals surface area contributed by atoms with E-state index in [4.69, 9.17) is 0 Å². The average molecular weight is 424 g/mol. The molecule has 0 saturated carbocycles. The first-order valence-electron chi connectivity index (χ1n) is 10.3. The number of carbonyl (C=O) groups excluding carboxylic acids is 2. The summed E-state index contributed by atoms with van der Waals surface area (Å²) in [7, 11) is -3.55. The van der Waals surface area contributed by atoms with Crippen molar-refractivity contribution in [1.82, 2.24) is 14.9 Å². The van der Waals surface area contributed by atoms with Crippen molar-refractivity contribution in [2.75, 3.05) is 19.6 Å². The summed E-state index contributed by atoms with van der Waals surface area (Å²) in [5.74, 6) is -0.671. The van der Waals surface area contributed by atoms with Crippen LogP contribution in [0, 0.1) is 18.8 Å². The Hall–Kier alpha value is -1.93. The molecule has 2 amide bonds. The Morgan fingerprint density at radius 2 is 1.72 bits per heavy atom. The quantitative estimate of drug-likeness (QED) is 0.669. The van der Waals surface area contributed by atoms with Gasteiger partial charge in [-0.05, 0) is 44.2 Å². The third-order valence-corrected chi connectivity index (χ3v) is 7.19. The fraction of sp³-hybridized carbons (Fsp3) is 0.619. The zero-order valence-electron chi connectivity index (χ0n) is 17.8. The molecule has 8 heteroatoms.